The molecule has 5 nitrogen and oxygen atoms in total. The number of alkyl halides is 3. The third-order valence-corrected chi connectivity index (χ3v) is 3.83. The van der Waals surface area contributed by atoms with Crippen LogP contribution >= 0.6 is 15.9 Å². The Labute approximate surface area is 148 Å². The fourth-order valence-corrected chi connectivity index (χ4v) is 2.54. The van der Waals surface area contributed by atoms with Crippen molar-refractivity contribution in [2.75, 3.05) is 0 Å². The van der Waals surface area contributed by atoms with Gasteiger partial charge in [0.05, 0.1) is 5.56 Å². The van der Waals surface area contributed by atoms with Crippen molar-refractivity contribution in [1.82, 2.24) is 20.2 Å². The molecule has 128 valence electrons. The largest absolute Gasteiger partial charge is 0.416 e. The Morgan fingerprint density at radius 2 is 1.88 bits per heavy atom. The normalized spacial score (nSPS) is 11.5. The van der Waals surface area contributed by atoms with Crippen molar-refractivity contribution in [3.05, 3.63) is 64.1 Å². The molecular weight excluding hydrogens is 401 g/mol. The maximum atomic E-state index is 12.8. The van der Waals surface area contributed by atoms with E-state index in [1.54, 1.807) is 24.3 Å². The molecule has 0 amide bonds. The first kappa shape index (κ1) is 17.3. The molecule has 3 rings (SSSR count). The summed E-state index contributed by atoms with van der Waals surface area (Å²) in [6, 6.07) is 11.4. The molecule has 0 aliphatic rings. The van der Waals surface area contributed by atoms with E-state index < -0.39 is 11.7 Å². The molecule has 9 heteroatoms. The molecule has 25 heavy (non-hydrogen) atoms. The lowest BCUT2D eigenvalue weighted by molar-refractivity contribution is -0.137. The Morgan fingerprint density at radius 1 is 1.12 bits per heavy atom. The summed E-state index contributed by atoms with van der Waals surface area (Å²) < 4.78 is 39.1. The van der Waals surface area contributed by atoms with Gasteiger partial charge in [0.1, 0.15) is 6.54 Å². The molecule has 0 unspecified atom stereocenters. The van der Waals surface area contributed by atoms with Gasteiger partial charge in [-0.05, 0) is 29.5 Å². The third-order valence-electron chi connectivity index (χ3n) is 3.33. The van der Waals surface area contributed by atoms with E-state index in [2.05, 4.69) is 31.3 Å². The Hall–Kier alpha value is -2.55. The number of hydrogen-bond acceptors (Lipinski definition) is 4. The molecule has 0 aliphatic carbocycles. The smallest absolute Gasteiger partial charge is 0.292 e. The van der Waals surface area contributed by atoms with Crippen LogP contribution in [0.5, 0.6) is 0 Å². The highest BCUT2D eigenvalue weighted by molar-refractivity contribution is 9.10. The van der Waals surface area contributed by atoms with E-state index in [4.69, 9.17) is 0 Å². The minimum absolute atomic E-state index is 0.0214. The molecular formula is C16H10BrF3N4O. The van der Waals surface area contributed by atoms with Gasteiger partial charge in [0, 0.05) is 15.6 Å². The monoisotopic (exact) mass is 410 g/mol. The minimum Gasteiger partial charge on any atom is -0.292 e. The summed E-state index contributed by atoms with van der Waals surface area (Å²) in [4.78, 5) is 13.3. The zero-order valence-electron chi connectivity index (χ0n) is 12.5. The molecule has 0 aliphatic heterocycles. The zero-order chi connectivity index (χ0) is 18.0. The Kier molecular flexibility index (Phi) is 4.67. The first-order valence-corrected chi connectivity index (χ1v) is 7.86. The number of hydrogen-bond donors (Lipinski definition) is 0. The molecule has 0 bridgehead atoms. The fourth-order valence-electron chi connectivity index (χ4n) is 2.14. The van der Waals surface area contributed by atoms with E-state index >= 15 is 0 Å². The number of halogens is 4. The average Bonchev–Trinajstić information content (AvgIpc) is 3.03. The predicted molar refractivity (Wildman–Crippen MR) is 86.7 cm³/mol. The second-order valence-electron chi connectivity index (χ2n) is 5.16. The SMILES string of the molecule is O=C(Cn1nnc(-c2cccc(C(F)(F)F)c2)n1)c1cccc(Br)c1. The molecule has 0 saturated heterocycles. The molecule has 0 saturated carbocycles. The number of nitrogens with zero attached hydrogens (tertiary/aromatic N) is 4. The third kappa shape index (κ3) is 4.11. The van der Waals surface area contributed by atoms with E-state index in [-0.39, 0.29) is 23.7 Å². The van der Waals surface area contributed by atoms with Crippen molar-refractivity contribution < 1.29 is 18.0 Å². The topological polar surface area (TPSA) is 60.7 Å². The summed E-state index contributed by atoms with van der Waals surface area (Å²) in [5, 5.41) is 11.4. The van der Waals surface area contributed by atoms with Crippen LogP contribution in [0, 0.1) is 0 Å². The van der Waals surface area contributed by atoms with E-state index in [0.717, 1.165) is 21.4 Å². The van der Waals surface area contributed by atoms with Gasteiger partial charge in [-0.3, -0.25) is 4.79 Å². The van der Waals surface area contributed by atoms with Gasteiger partial charge < -0.3 is 0 Å². The number of carbonyl (C=O) groups excluding carboxylic acids is 1. The van der Waals surface area contributed by atoms with Crippen molar-refractivity contribution in [1.29, 1.82) is 0 Å². The van der Waals surface area contributed by atoms with Crippen molar-refractivity contribution in [2.24, 2.45) is 0 Å². The number of ketones is 1. The molecule has 0 fully saturated rings. The van der Waals surface area contributed by atoms with Crippen LogP contribution in [0.15, 0.2) is 53.0 Å². The summed E-state index contributed by atoms with van der Waals surface area (Å²) >= 11 is 3.28. The maximum absolute atomic E-state index is 12.8. The second-order valence-corrected chi connectivity index (χ2v) is 6.07. The summed E-state index contributed by atoms with van der Waals surface area (Å²) in [6.07, 6.45) is -4.46. The van der Waals surface area contributed by atoms with Gasteiger partial charge >= 0.3 is 6.18 Å². The first-order chi connectivity index (χ1) is 11.8. The number of Topliss-reactive ketones (excluding diaryl/α,β-unsaturated/α-hetero) is 1. The Bertz CT molecular complexity index is 923. The van der Waals surface area contributed by atoms with Crippen LogP contribution < -0.4 is 0 Å². The molecule has 0 radical (unpaired) electrons. The lowest BCUT2D eigenvalue weighted by atomic mass is 10.1. The van der Waals surface area contributed by atoms with Crippen LogP contribution in [0.2, 0.25) is 0 Å². The molecule has 3 aromatic rings. The van der Waals surface area contributed by atoms with Crippen molar-refractivity contribution >= 4 is 21.7 Å². The highest BCUT2D eigenvalue weighted by Crippen LogP contribution is 2.31. The summed E-state index contributed by atoms with van der Waals surface area (Å²) in [5.74, 6) is -0.220. The zero-order valence-corrected chi connectivity index (χ0v) is 14.1. The summed E-state index contributed by atoms with van der Waals surface area (Å²) in [6.45, 7) is -0.164. The minimum atomic E-state index is -4.46. The predicted octanol–water partition coefficient (Wildman–Crippen LogP) is 4.00. The molecule has 0 spiro atoms. The fraction of sp³-hybridized carbons (Fsp3) is 0.125. The number of benzene rings is 2. The van der Waals surface area contributed by atoms with Gasteiger partial charge in [0.2, 0.25) is 5.82 Å². The van der Waals surface area contributed by atoms with E-state index in [9.17, 15) is 18.0 Å². The molecule has 1 heterocycles. The van der Waals surface area contributed by atoms with Gasteiger partial charge in [-0.1, -0.05) is 40.2 Å². The van der Waals surface area contributed by atoms with Gasteiger partial charge in [-0.15, -0.1) is 10.2 Å². The average molecular weight is 411 g/mol. The van der Waals surface area contributed by atoms with E-state index in [0.29, 0.717) is 5.56 Å². The molecule has 0 N–H and O–H groups in total. The Balaban J connectivity index is 1.80. The number of aromatic nitrogens is 4. The quantitative estimate of drug-likeness (QED) is 0.609. The molecule has 1 aromatic heterocycles. The Morgan fingerprint density at radius 3 is 2.60 bits per heavy atom. The van der Waals surface area contributed by atoms with Crippen LogP contribution in [0.25, 0.3) is 11.4 Å². The number of rotatable bonds is 4. The standard InChI is InChI=1S/C16H10BrF3N4O/c17-13-6-2-3-10(8-13)14(25)9-24-22-15(21-23-24)11-4-1-5-12(7-11)16(18,19)20/h1-8H,9H2. The van der Waals surface area contributed by atoms with Gasteiger partial charge in [-0.2, -0.15) is 18.0 Å². The van der Waals surface area contributed by atoms with Gasteiger partial charge in [0.25, 0.3) is 0 Å². The van der Waals surface area contributed by atoms with Crippen molar-refractivity contribution in [2.45, 2.75) is 12.7 Å². The highest BCUT2D eigenvalue weighted by atomic mass is 79.9. The van der Waals surface area contributed by atoms with Crippen LogP contribution in [0.4, 0.5) is 13.2 Å². The van der Waals surface area contributed by atoms with Crippen LogP contribution in [0.3, 0.4) is 0 Å². The molecule has 0 atom stereocenters. The van der Waals surface area contributed by atoms with Gasteiger partial charge in [0.15, 0.2) is 5.78 Å². The van der Waals surface area contributed by atoms with Crippen molar-refractivity contribution in [3.8, 4) is 11.4 Å². The van der Waals surface area contributed by atoms with Crippen LogP contribution in [-0.2, 0) is 12.7 Å². The van der Waals surface area contributed by atoms with Crippen LogP contribution in [-0.4, -0.2) is 26.0 Å². The van der Waals surface area contributed by atoms with E-state index in [1.807, 2.05) is 0 Å². The first-order valence-electron chi connectivity index (χ1n) is 7.07. The number of carbonyl (C=O) groups is 1. The summed E-state index contributed by atoms with van der Waals surface area (Å²) in [7, 11) is 0. The maximum Gasteiger partial charge on any atom is 0.416 e. The summed E-state index contributed by atoms with van der Waals surface area (Å²) in [5.41, 5.74) is -0.158. The lowest BCUT2D eigenvalue weighted by Gasteiger charge is -2.06. The lowest BCUT2D eigenvalue weighted by Crippen LogP contribution is -2.13. The molecule has 2 aromatic carbocycles. The van der Waals surface area contributed by atoms with Crippen molar-refractivity contribution in [3.63, 3.8) is 0 Å². The number of tetrazole rings is 1. The highest BCUT2D eigenvalue weighted by Gasteiger charge is 2.30. The van der Waals surface area contributed by atoms with Crippen LogP contribution in [0.1, 0.15) is 15.9 Å². The van der Waals surface area contributed by atoms with Gasteiger partial charge in [-0.25, -0.2) is 0 Å². The second kappa shape index (κ2) is 6.75. The van der Waals surface area contributed by atoms with E-state index in [1.165, 1.54) is 12.1 Å².